The Morgan fingerprint density at radius 2 is 2.24 bits per heavy atom. The number of nitrogens with zero attached hydrogens (tertiary/aromatic N) is 5. The van der Waals surface area contributed by atoms with E-state index in [1.54, 1.807) is 22.9 Å². The second kappa shape index (κ2) is 7.70. The van der Waals surface area contributed by atoms with E-state index in [-0.39, 0.29) is 10.6 Å². The van der Waals surface area contributed by atoms with Crippen LogP contribution in [0, 0.1) is 10.1 Å². The number of hydrogen-bond acceptors (Lipinski definition) is 7. The van der Waals surface area contributed by atoms with Crippen LogP contribution in [0.5, 0.6) is 0 Å². The lowest BCUT2D eigenvalue weighted by Crippen LogP contribution is -2.20. The van der Waals surface area contributed by atoms with Gasteiger partial charge in [0.1, 0.15) is 0 Å². The molecule has 1 aromatic heterocycles. The summed E-state index contributed by atoms with van der Waals surface area (Å²) in [7, 11) is 0. The lowest BCUT2D eigenvalue weighted by atomic mass is 10.2. The minimum absolute atomic E-state index is 0.122. The molecule has 0 fully saturated rings. The van der Waals surface area contributed by atoms with Gasteiger partial charge in [0, 0.05) is 23.9 Å². The molecule has 0 saturated carbocycles. The monoisotopic (exact) mass is 308 g/mol. The third-order valence-electron chi connectivity index (χ3n) is 2.79. The molecule has 0 atom stereocenters. The molecule has 0 saturated heterocycles. The van der Waals surface area contributed by atoms with Crippen molar-refractivity contribution in [1.82, 2.24) is 25.5 Å². The molecule has 0 aliphatic carbocycles. The first-order valence-corrected chi connectivity index (χ1v) is 7.53. The van der Waals surface area contributed by atoms with Crippen LogP contribution in [0.15, 0.2) is 29.4 Å². The predicted molar refractivity (Wildman–Crippen MR) is 79.0 cm³/mol. The topological polar surface area (TPSA) is 98.8 Å². The van der Waals surface area contributed by atoms with E-state index in [4.69, 9.17) is 0 Å². The van der Waals surface area contributed by atoms with Gasteiger partial charge in [-0.1, -0.05) is 36.9 Å². The molecule has 0 bridgehead atoms. The smallest absolute Gasteiger partial charge is 0.273 e. The molecule has 0 aliphatic rings. The second-order valence-corrected chi connectivity index (χ2v) is 5.16. The first-order chi connectivity index (χ1) is 10.2. The summed E-state index contributed by atoms with van der Waals surface area (Å²) in [5.74, 6) is 0.457. The van der Waals surface area contributed by atoms with Crippen molar-refractivity contribution in [3.63, 3.8) is 0 Å². The van der Waals surface area contributed by atoms with Gasteiger partial charge in [-0.2, -0.15) is 0 Å². The summed E-state index contributed by atoms with van der Waals surface area (Å²) < 4.78 is 1.70. The van der Waals surface area contributed by atoms with Crippen LogP contribution in [-0.4, -0.2) is 38.2 Å². The number of nitro groups is 1. The number of para-hydroxylation sites is 1. The van der Waals surface area contributed by atoms with Crippen molar-refractivity contribution in [2.75, 3.05) is 13.1 Å². The van der Waals surface area contributed by atoms with Gasteiger partial charge in [-0.15, -0.1) is 5.10 Å². The summed E-state index contributed by atoms with van der Waals surface area (Å²) >= 11 is 1.39. The Balaban J connectivity index is 2.00. The fourth-order valence-electron chi connectivity index (χ4n) is 1.76. The van der Waals surface area contributed by atoms with Gasteiger partial charge in [-0.3, -0.25) is 10.1 Å². The van der Waals surface area contributed by atoms with E-state index in [1.165, 1.54) is 17.8 Å². The molecular formula is C12H16N6O2S. The molecule has 21 heavy (non-hydrogen) atoms. The molecule has 8 nitrogen and oxygen atoms in total. The summed E-state index contributed by atoms with van der Waals surface area (Å²) in [5, 5.41) is 26.3. The zero-order chi connectivity index (χ0) is 15.1. The van der Waals surface area contributed by atoms with Crippen LogP contribution in [-0.2, 0) is 12.3 Å². The number of benzene rings is 1. The molecule has 1 aromatic carbocycles. The number of tetrazole rings is 1. The lowest BCUT2D eigenvalue weighted by molar-refractivity contribution is -0.385. The Bertz CT molecular complexity index is 603. The third-order valence-corrected chi connectivity index (χ3v) is 3.80. The number of thioether (sulfide) groups is 1. The van der Waals surface area contributed by atoms with Crippen molar-refractivity contribution in [3.05, 3.63) is 39.9 Å². The fourth-order valence-corrected chi connectivity index (χ4v) is 2.65. The Morgan fingerprint density at radius 1 is 1.43 bits per heavy atom. The largest absolute Gasteiger partial charge is 0.315 e. The van der Waals surface area contributed by atoms with Gasteiger partial charge in [0.05, 0.1) is 11.5 Å². The highest BCUT2D eigenvalue weighted by Gasteiger charge is 2.14. The van der Waals surface area contributed by atoms with E-state index < -0.39 is 0 Å². The van der Waals surface area contributed by atoms with Crippen molar-refractivity contribution in [2.24, 2.45) is 0 Å². The summed E-state index contributed by atoms with van der Waals surface area (Å²) in [6.07, 6.45) is 0. The highest BCUT2D eigenvalue weighted by molar-refractivity contribution is 7.98. The third kappa shape index (κ3) is 4.23. The van der Waals surface area contributed by atoms with Gasteiger partial charge in [-0.05, 0) is 17.0 Å². The van der Waals surface area contributed by atoms with Crippen LogP contribution < -0.4 is 5.32 Å². The summed E-state index contributed by atoms with van der Waals surface area (Å²) in [4.78, 5) is 10.6. The van der Waals surface area contributed by atoms with Gasteiger partial charge >= 0.3 is 0 Å². The first-order valence-electron chi connectivity index (χ1n) is 6.54. The number of nitrogens with one attached hydrogen (secondary N) is 1. The van der Waals surface area contributed by atoms with Crippen LogP contribution in [0.25, 0.3) is 0 Å². The lowest BCUT2D eigenvalue weighted by Gasteiger charge is -2.05. The Morgan fingerprint density at radius 3 is 3.00 bits per heavy atom. The maximum absolute atomic E-state index is 11.0. The molecule has 1 heterocycles. The number of hydrogen-bond donors (Lipinski definition) is 1. The number of rotatable bonds is 8. The molecule has 0 spiro atoms. The fraction of sp³-hybridized carbons (Fsp3) is 0.417. The van der Waals surface area contributed by atoms with Crippen LogP contribution >= 0.6 is 11.8 Å². The zero-order valence-corrected chi connectivity index (χ0v) is 12.4. The number of aromatic nitrogens is 4. The Kier molecular flexibility index (Phi) is 5.64. The predicted octanol–water partition coefficient (Wildman–Crippen LogP) is 1.48. The van der Waals surface area contributed by atoms with Crippen molar-refractivity contribution < 1.29 is 4.92 Å². The van der Waals surface area contributed by atoms with Crippen LogP contribution in [0.2, 0.25) is 0 Å². The van der Waals surface area contributed by atoms with E-state index in [1.807, 2.05) is 6.92 Å². The normalized spacial score (nSPS) is 10.7. The van der Waals surface area contributed by atoms with Gasteiger partial charge in [-0.25, -0.2) is 4.68 Å². The number of nitro benzene ring substituents is 1. The van der Waals surface area contributed by atoms with E-state index in [9.17, 15) is 10.1 Å². The molecule has 112 valence electrons. The van der Waals surface area contributed by atoms with Gasteiger partial charge < -0.3 is 5.32 Å². The zero-order valence-electron chi connectivity index (χ0n) is 11.6. The molecular weight excluding hydrogens is 292 g/mol. The maximum atomic E-state index is 11.0. The van der Waals surface area contributed by atoms with E-state index >= 15 is 0 Å². The first kappa shape index (κ1) is 15.4. The maximum Gasteiger partial charge on any atom is 0.273 e. The molecule has 0 radical (unpaired) electrons. The molecule has 2 aromatic rings. The molecule has 2 rings (SSSR count). The quantitative estimate of drug-likeness (QED) is 0.341. The van der Waals surface area contributed by atoms with Crippen LogP contribution in [0.1, 0.15) is 12.5 Å². The van der Waals surface area contributed by atoms with Gasteiger partial charge in [0.15, 0.2) is 0 Å². The summed E-state index contributed by atoms with van der Waals surface area (Å²) in [5.41, 5.74) is 0.783. The summed E-state index contributed by atoms with van der Waals surface area (Å²) in [6.45, 7) is 4.37. The van der Waals surface area contributed by atoms with Crippen molar-refractivity contribution in [3.8, 4) is 0 Å². The average molecular weight is 308 g/mol. The molecule has 0 aliphatic heterocycles. The van der Waals surface area contributed by atoms with E-state index in [0.717, 1.165) is 13.1 Å². The van der Waals surface area contributed by atoms with Crippen molar-refractivity contribution in [2.45, 2.75) is 24.4 Å². The van der Waals surface area contributed by atoms with Crippen LogP contribution in [0.3, 0.4) is 0 Å². The SMILES string of the molecule is CCNCCn1nnnc1SCc1ccccc1[N+](=O)[O-]. The van der Waals surface area contributed by atoms with Crippen molar-refractivity contribution >= 4 is 17.4 Å². The molecule has 1 N–H and O–H groups in total. The minimum Gasteiger partial charge on any atom is -0.315 e. The molecule has 0 unspecified atom stereocenters. The summed E-state index contributed by atoms with van der Waals surface area (Å²) in [6, 6.07) is 6.70. The highest BCUT2D eigenvalue weighted by Crippen LogP contribution is 2.26. The van der Waals surface area contributed by atoms with Gasteiger partial charge in [0.2, 0.25) is 5.16 Å². The molecule has 9 heteroatoms. The van der Waals surface area contributed by atoms with E-state index in [2.05, 4.69) is 20.8 Å². The highest BCUT2D eigenvalue weighted by atomic mass is 32.2. The van der Waals surface area contributed by atoms with E-state index in [0.29, 0.717) is 23.0 Å². The second-order valence-electron chi connectivity index (χ2n) is 4.21. The Labute approximate surface area is 126 Å². The average Bonchev–Trinajstić information content (AvgIpc) is 2.93. The van der Waals surface area contributed by atoms with Crippen LogP contribution in [0.4, 0.5) is 5.69 Å². The van der Waals surface area contributed by atoms with Gasteiger partial charge in [0.25, 0.3) is 5.69 Å². The Hall–Kier alpha value is -2.00. The minimum atomic E-state index is -0.371. The molecule has 0 amide bonds. The standard InChI is InChI=1S/C12H16N6O2S/c1-2-13-7-8-17-12(14-15-16-17)21-9-10-5-3-4-6-11(10)18(19)20/h3-6,13H,2,7-9H2,1H3. The number of likely N-dealkylation sites (N-methyl/N-ethyl adjacent to an activating group) is 1. The van der Waals surface area contributed by atoms with Crippen molar-refractivity contribution in [1.29, 1.82) is 0 Å².